The average molecular weight is 225 g/mol. The van der Waals surface area contributed by atoms with Gasteiger partial charge in [-0.2, -0.15) is 5.26 Å². The van der Waals surface area contributed by atoms with Crippen LogP contribution in [0, 0.1) is 11.3 Å². The highest BCUT2D eigenvalue weighted by atomic mass is 19.1. The maximum atomic E-state index is 11.8. The molecule has 0 spiro atoms. The zero-order valence-electron chi connectivity index (χ0n) is 9.16. The Balaban J connectivity index is 2.46. The van der Waals surface area contributed by atoms with E-state index in [0.29, 0.717) is 6.42 Å². The van der Waals surface area contributed by atoms with Crippen LogP contribution in [-0.4, -0.2) is 49.6 Å². The Morgan fingerprint density at radius 3 is 3.19 bits per heavy atom. The predicted octanol–water partition coefficient (Wildman–Crippen LogP) is 0.269. The molecule has 1 saturated heterocycles. The average Bonchev–Trinajstić information content (AvgIpc) is 2.29. The van der Waals surface area contributed by atoms with Crippen LogP contribution in [0.3, 0.4) is 0 Å². The van der Waals surface area contributed by atoms with Gasteiger partial charge in [0, 0.05) is 25.7 Å². The summed E-state index contributed by atoms with van der Waals surface area (Å²) >= 11 is 0. The molecule has 0 radical (unpaired) electrons. The van der Waals surface area contributed by atoms with Crippen molar-refractivity contribution in [1.29, 1.82) is 5.26 Å². The largest absolute Gasteiger partial charge is 0.314 e. The highest BCUT2D eigenvalue weighted by Gasteiger charge is 2.22. The minimum Gasteiger partial charge on any atom is -0.314 e. The van der Waals surface area contributed by atoms with Crippen LogP contribution in [0.15, 0.2) is 12.2 Å². The molecule has 0 aromatic carbocycles. The Hall–Kier alpha value is -1.25. The fourth-order valence-corrected chi connectivity index (χ4v) is 1.75. The fraction of sp³-hybridized carbons (Fsp3) is 0.636. The predicted molar refractivity (Wildman–Crippen MR) is 58.6 cm³/mol. The van der Waals surface area contributed by atoms with Crippen LogP contribution < -0.4 is 5.32 Å². The number of halogens is 1. The van der Waals surface area contributed by atoms with E-state index in [0.717, 1.165) is 19.6 Å². The molecule has 0 aliphatic carbocycles. The van der Waals surface area contributed by atoms with Gasteiger partial charge in [0.05, 0.1) is 19.0 Å². The van der Waals surface area contributed by atoms with E-state index in [1.807, 2.05) is 4.90 Å². The summed E-state index contributed by atoms with van der Waals surface area (Å²) in [5.74, 6) is -0.109. The third kappa shape index (κ3) is 4.09. The van der Waals surface area contributed by atoms with Gasteiger partial charge in [0.1, 0.15) is 6.67 Å². The zero-order valence-corrected chi connectivity index (χ0v) is 9.16. The molecule has 1 atom stereocenters. The van der Waals surface area contributed by atoms with E-state index in [4.69, 9.17) is 5.26 Å². The van der Waals surface area contributed by atoms with Gasteiger partial charge in [0.25, 0.3) is 0 Å². The van der Waals surface area contributed by atoms with Gasteiger partial charge >= 0.3 is 0 Å². The maximum absolute atomic E-state index is 11.8. The summed E-state index contributed by atoms with van der Waals surface area (Å²) < 4.78 is 11.8. The molecule has 1 N–H and O–H groups in total. The zero-order chi connectivity index (χ0) is 11.8. The molecular weight excluding hydrogens is 209 g/mol. The molecule has 1 aliphatic rings. The van der Waals surface area contributed by atoms with Crippen LogP contribution >= 0.6 is 0 Å². The minimum absolute atomic E-state index is 0.0847. The van der Waals surface area contributed by atoms with E-state index < -0.39 is 6.67 Å². The number of piperazine rings is 1. The van der Waals surface area contributed by atoms with Gasteiger partial charge in [0.15, 0.2) is 5.78 Å². The number of rotatable bonds is 5. The lowest BCUT2D eigenvalue weighted by Crippen LogP contribution is -2.52. The number of carbonyl (C=O) groups is 1. The molecule has 0 unspecified atom stereocenters. The van der Waals surface area contributed by atoms with E-state index in [2.05, 4.69) is 11.4 Å². The molecule has 0 bridgehead atoms. The number of hydrogen-bond donors (Lipinski definition) is 1. The monoisotopic (exact) mass is 225 g/mol. The van der Waals surface area contributed by atoms with Crippen molar-refractivity contribution < 1.29 is 9.18 Å². The van der Waals surface area contributed by atoms with Crippen molar-refractivity contribution >= 4 is 5.78 Å². The molecule has 0 aromatic heterocycles. The van der Waals surface area contributed by atoms with Gasteiger partial charge in [-0.15, -0.1) is 0 Å². The lowest BCUT2D eigenvalue weighted by atomic mass is 10.1. The smallest absolute Gasteiger partial charge is 0.169 e. The SMILES string of the molecule is N#CC[C@@H]1CNCCN1CC(=O)/C=C/CF. The van der Waals surface area contributed by atoms with Crippen molar-refractivity contribution in [1.82, 2.24) is 10.2 Å². The van der Waals surface area contributed by atoms with Crippen LogP contribution in [0.4, 0.5) is 4.39 Å². The van der Waals surface area contributed by atoms with Crippen LogP contribution in [0.25, 0.3) is 0 Å². The molecule has 88 valence electrons. The topological polar surface area (TPSA) is 56.1 Å². The van der Waals surface area contributed by atoms with Gasteiger partial charge < -0.3 is 5.32 Å². The lowest BCUT2D eigenvalue weighted by Gasteiger charge is -2.34. The second kappa shape index (κ2) is 7.09. The number of ketones is 1. The number of nitrogens with one attached hydrogen (secondary N) is 1. The Morgan fingerprint density at radius 1 is 1.69 bits per heavy atom. The molecule has 1 rings (SSSR count). The standard InChI is InChI=1S/C11H16FN3O/c12-4-1-2-11(16)9-15-7-6-14-8-10(15)3-5-13/h1-2,10,14H,3-4,6-9H2/b2-1+/t10-/m1/s1. The normalized spacial score (nSPS) is 22.1. The Morgan fingerprint density at radius 2 is 2.50 bits per heavy atom. The highest BCUT2D eigenvalue weighted by Crippen LogP contribution is 2.06. The number of hydrogen-bond acceptors (Lipinski definition) is 4. The molecule has 5 heteroatoms. The molecule has 0 aromatic rings. The molecular formula is C11H16FN3O. The summed E-state index contributed by atoms with van der Waals surface area (Å²) in [6.45, 7) is 1.96. The van der Waals surface area contributed by atoms with Crippen molar-refractivity contribution in [2.75, 3.05) is 32.9 Å². The molecule has 1 aliphatic heterocycles. The number of nitriles is 1. The second-order valence-corrected chi connectivity index (χ2v) is 3.71. The van der Waals surface area contributed by atoms with E-state index in [1.165, 1.54) is 12.2 Å². The molecule has 0 saturated carbocycles. The first-order valence-electron chi connectivity index (χ1n) is 5.35. The molecule has 4 nitrogen and oxygen atoms in total. The first kappa shape index (κ1) is 12.8. The third-order valence-electron chi connectivity index (χ3n) is 2.55. The summed E-state index contributed by atoms with van der Waals surface area (Å²) in [6.07, 6.45) is 2.89. The van der Waals surface area contributed by atoms with Crippen LogP contribution in [-0.2, 0) is 4.79 Å². The molecule has 0 amide bonds. The van der Waals surface area contributed by atoms with Crippen molar-refractivity contribution in [2.45, 2.75) is 12.5 Å². The number of carbonyl (C=O) groups excluding carboxylic acids is 1. The van der Waals surface area contributed by atoms with Crippen LogP contribution in [0.2, 0.25) is 0 Å². The quantitative estimate of drug-likeness (QED) is 0.682. The lowest BCUT2D eigenvalue weighted by molar-refractivity contribution is -0.116. The fourth-order valence-electron chi connectivity index (χ4n) is 1.75. The Kier molecular flexibility index (Phi) is 5.68. The van der Waals surface area contributed by atoms with Gasteiger partial charge in [0.2, 0.25) is 0 Å². The van der Waals surface area contributed by atoms with Crippen molar-refractivity contribution in [3.8, 4) is 6.07 Å². The summed E-state index contributed by atoms with van der Waals surface area (Å²) in [5, 5.41) is 11.8. The van der Waals surface area contributed by atoms with Gasteiger partial charge in [-0.05, 0) is 6.08 Å². The summed E-state index contributed by atoms with van der Waals surface area (Å²) in [6, 6.07) is 2.20. The molecule has 1 heterocycles. The van der Waals surface area contributed by atoms with E-state index in [9.17, 15) is 9.18 Å². The van der Waals surface area contributed by atoms with E-state index in [1.54, 1.807) is 0 Å². The van der Waals surface area contributed by atoms with Crippen LogP contribution in [0.1, 0.15) is 6.42 Å². The molecule has 1 fully saturated rings. The second-order valence-electron chi connectivity index (χ2n) is 3.71. The van der Waals surface area contributed by atoms with Crippen molar-refractivity contribution in [3.63, 3.8) is 0 Å². The first-order valence-corrected chi connectivity index (χ1v) is 5.35. The Bertz CT molecular complexity index is 298. The van der Waals surface area contributed by atoms with Gasteiger partial charge in [-0.1, -0.05) is 6.08 Å². The number of alkyl halides is 1. The van der Waals surface area contributed by atoms with E-state index in [-0.39, 0.29) is 18.4 Å². The Labute approximate surface area is 94.7 Å². The maximum Gasteiger partial charge on any atom is 0.169 e. The number of allylic oxidation sites excluding steroid dienone is 1. The van der Waals surface area contributed by atoms with Crippen molar-refractivity contribution in [2.24, 2.45) is 0 Å². The van der Waals surface area contributed by atoms with Gasteiger partial charge in [-0.3, -0.25) is 9.69 Å². The highest BCUT2D eigenvalue weighted by molar-refractivity contribution is 5.91. The third-order valence-corrected chi connectivity index (χ3v) is 2.55. The van der Waals surface area contributed by atoms with E-state index >= 15 is 0 Å². The summed E-state index contributed by atoms with van der Waals surface area (Å²) in [4.78, 5) is 13.4. The van der Waals surface area contributed by atoms with Crippen LogP contribution in [0.5, 0.6) is 0 Å². The minimum atomic E-state index is -0.616. The number of nitrogens with zero attached hydrogens (tertiary/aromatic N) is 2. The van der Waals surface area contributed by atoms with Gasteiger partial charge in [-0.25, -0.2) is 4.39 Å². The first-order chi connectivity index (χ1) is 7.77. The summed E-state index contributed by atoms with van der Waals surface area (Å²) in [7, 11) is 0. The molecule has 16 heavy (non-hydrogen) atoms. The summed E-state index contributed by atoms with van der Waals surface area (Å²) in [5.41, 5.74) is 0. The van der Waals surface area contributed by atoms with Crippen molar-refractivity contribution in [3.05, 3.63) is 12.2 Å².